The molecular weight excluding hydrogens is 607 g/mol. The fraction of sp³-hybridized carbons (Fsp3) is 0.167. The van der Waals surface area contributed by atoms with Crippen molar-refractivity contribution in [2.45, 2.75) is 24.1 Å². The highest BCUT2D eigenvalue weighted by atomic mass is 35.5. The van der Waals surface area contributed by atoms with Gasteiger partial charge in [0.2, 0.25) is 0 Å². The van der Waals surface area contributed by atoms with Crippen LogP contribution in [0.4, 0.5) is 5.69 Å². The Bertz CT molecular complexity index is 1580. The number of para-hydroxylation sites is 1. The minimum Gasteiger partial charge on any atom is -0.351 e. The number of nitrogens with one attached hydrogen (secondary N) is 1. The molecule has 0 spiro atoms. The summed E-state index contributed by atoms with van der Waals surface area (Å²) in [5, 5.41) is 4.49. The van der Waals surface area contributed by atoms with Crippen molar-refractivity contribution in [1.82, 2.24) is 5.32 Å². The van der Waals surface area contributed by atoms with Crippen LogP contribution in [0.5, 0.6) is 0 Å². The Balaban J connectivity index is 1.53. The van der Waals surface area contributed by atoms with Crippen molar-refractivity contribution in [1.29, 1.82) is 0 Å². The van der Waals surface area contributed by atoms with Crippen LogP contribution in [-0.4, -0.2) is 26.6 Å². The molecule has 0 aliphatic rings. The summed E-state index contributed by atoms with van der Waals surface area (Å²) in [6, 6.07) is 25.8. The van der Waals surface area contributed by atoms with Gasteiger partial charge in [-0.3, -0.25) is 9.10 Å². The summed E-state index contributed by atoms with van der Waals surface area (Å²) in [4.78, 5) is 13.4. The van der Waals surface area contributed by atoms with Crippen molar-refractivity contribution < 1.29 is 13.2 Å². The van der Waals surface area contributed by atoms with E-state index in [9.17, 15) is 13.2 Å². The Labute approximate surface area is 254 Å². The zero-order valence-corrected chi connectivity index (χ0v) is 25.5. The molecule has 1 N–H and O–H groups in total. The molecule has 0 bridgehead atoms. The maximum Gasteiger partial charge on any atom is 0.264 e. The number of amides is 1. The largest absolute Gasteiger partial charge is 0.351 e. The molecule has 0 heterocycles. The van der Waals surface area contributed by atoms with E-state index in [1.807, 2.05) is 19.1 Å². The number of carbonyl (C=O) groups is 1. The van der Waals surface area contributed by atoms with Crippen LogP contribution in [0.25, 0.3) is 0 Å². The molecule has 208 valence electrons. The highest BCUT2D eigenvalue weighted by molar-refractivity contribution is 7.98. The van der Waals surface area contributed by atoms with Crippen LogP contribution in [-0.2, 0) is 22.3 Å². The molecule has 4 rings (SSSR count). The van der Waals surface area contributed by atoms with Crippen LogP contribution >= 0.6 is 46.6 Å². The minimum absolute atomic E-state index is 0.0250. The van der Waals surface area contributed by atoms with Gasteiger partial charge in [0.25, 0.3) is 15.9 Å². The fourth-order valence-electron chi connectivity index (χ4n) is 3.93. The van der Waals surface area contributed by atoms with Gasteiger partial charge in [-0.15, -0.1) is 0 Å². The second-order valence-electron chi connectivity index (χ2n) is 9.03. The number of hydrogen-bond donors (Lipinski definition) is 1. The Morgan fingerprint density at radius 2 is 1.52 bits per heavy atom. The van der Waals surface area contributed by atoms with Crippen LogP contribution in [0, 0.1) is 6.92 Å². The summed E-state index contributed by atoms with van der Waals surface area (Å²) in [6.07, 6.45) is 0. The SMILES string of the molecule is Cc1ccc(S(=O)(=O)N(Cc2ccc(Cl)cc2)c2ccccc2C(=O)NCCSCc2ccc(Cl)c(Cl)c2)cc1. The number of aryl methyl sites for hydroxylation is 1. The van der Waals surface area contributed by atoms with E-state index >= 15 is 0 Å². The number of thioether (sulfide) groups is 1. The zero-order valence-electron chi connectivity index (χ0n) is 21.6. The number of hydrogen-bond acceptors (Lipinski definition) is 4. The number of nitrogens with zero attached hydrogens (tertiary/aromatic N) is 1. The molecule has 1 amide bonds. The molecule has 0 radical (unpaired) electrons. The summed E-state index contributed by atoms with van der Waals surface area (Å²) in [7, 11) is -4.01. The minimum atomic E-state index is -4.01. The molecule has 4 aromatic rings. The average molecular weight is 634 g/mol. The van der Waals surface area contributed by atoms with E-state index in [2.05, 4.69) is 5.32 Å². The number of rotatable bonds is 11. The lowest BCUT2D eigenvalue weighted by atomic mass is 10.1. The van der Waals surface area contributed by atoms with E-state index < -0.39 is 10.0 Å². The van der Waals surface area contributed by atoms with E-state index in [1.165, 1.54) is 4.31 Å². The lowest BCUT2D eigenvalue weighted by molar-refractivity contribution is 0.0957. The number of sulfonamides is 1. The molecule has 0 aliphatic carbocycles. The highest BCUT2D eigenvalue weighted by Crippen LogP contribution is 2.30. The maximum atomic E-state index is 13.9. The normalized spacial score (nSPS) is 11.3. The third-order valence-corrected chi connectivity index (χ3v) is 9.85. The zero-order chi connectivity index (χ0) is 28.7. The van der Waals surface area contributed by atoms with Crippen molar-refractivity contribution in [2.75, 3.05) is 16.6 Å². The molecule has 5 nitrogen and oxygen atoms in total. The average Bonchev–Trinajstić information content (AvgIpc) is 2.94. The first kappa shape index (κ1) is 30.3. The van der Waals surface area contributed by atoms with Gasteiger partial charge in [-0.05, 0) is 66.6 Å². The van der Waals surface area contributed by atoms with Crippen LogP contribution in [0.2, 0.25) is 15.1 Å². The molecule has 10 heteroatoms. The summed E-state index contributed by atoms with van der Waals surface area (Å²) in [5.74, 6) is 1.02. The number of anilines is 1. The lowest BCUT2D eigenvalue weighted by Gasteiger charge is -2.27. The fourth-order valence-corrected chi connectivity index (χ4v) is 6.65. The molecule has 0 unspecified atom stereocenters. The van der Waals surface area contributed by atoms with Crippen LogP contribution in [0.1, 0.15) is 27.0 Å². The number of benzene rings is 4. The van der Waals surface area contributed by atoms with Gasteiger partial charge in [-0.2, -0.15) is 11.8 Å². The van der Waals surface area contributed by atoms with Gasteiger partial charge in [0.1, 0.15) is 0 Å². The summed E-state index contributed by atoms with van der Waals surface area (Å²) < 4.78 is 29.1. The van der Waals surface area contributed by atoms with Crippen LogP contribution in [0.15, 0.2) is 95.9 Å². The van der Waals surface area contributed by atoms with Gasteiger partial charge >= 0.3 is 0 Å². The smallest absolute Gasteiger partial charge is 0.264 e. The van der Waals surface area contributed by atoms with Gasteiger partial charge in [-0.1, -0.05) is 82.8 Å². The summed E-state index contributed by atoms with van der Waals surface area (Å²) >= 11 is 19.8. The van der Waals surface area contributed by atoms with E-state index in [1.54, 1.807) is 90.6 Å². The van der Waals surface area contributed by atoms with Crippen LogP contribution < -0.4 is 9.62 Å². The topological polar surface area (TPSA) is 66.5 Å². The van der Waals surface area contributed by atoms with Gasteiger partial charge in [-0.25, -0.2) is 8.42 Å². The highest BCUT2D eigenvalue weighted by Gasteiger charge is 2.28. The van der Waals surface area contributed by atoms with Gasteiger partial charge in [0.15, 0.2) is 0 Å². The van der Waals surface area contributed by atoms with Gasteiger partial charge in [0, 0.05) is 23.1 Å². The van der Waals surface area contributed by atoms with Gasteiger partial charge < -0.3 is 5.32 Å². The predicted molar refractivity (Wildman–Crippen MR) is 167 cm³/mol. The van der Waals surface area contributed by atoms with Crippen molar-refractivity contribution in [3.63, 3.8) is 0 Å². The number of carbonyl (C=O) groups excluding carboxylic acids is 1. The summed E-state index contributed by atoms with van der Waals surface area (Å²) in [5.41, 5.74) is 3.27. The van der Waals surface area contributed by atoms with Crippen molar-refractivity contribution in [2.24, 2.45) is 0 Å². The first-order valence-electron chi connectivity index (χ1n) is 12.4. The molecule has 0 saturated carbocycles. The molecule has 0 saturated heterocycles. The van der Waals surface area contributed by atoms with E-state index in [0.717, 1.165) is 16.7 Å². The molecule has 0 aromatic heterocycles. The quantitative estimate of drug-likeness (QED) is 0.170. The first-order chi connectivity index (χ1) is 19.1. The first-order valence-corrected chi connectivity index (χ1v) is 16.1. The van der Waals surface area contributed by atoms with E-state index in [4.69, 9.17) is 34.8 Å². The third kappa shape index (κ3) is 7.74. The second-order valence-corrected chi connectivity index (χ2v) is 13.2. The Morgan fingerprint density at radius 3 is 2.23 bits per heavy atom. The molecule has 40 heavy (non-hydrogen) atoms. The Hall–Kier alpha value is -2.68. The molecule has 4 aromatic carbocycles. The van der Waals surface area contributed by atoms with Crippen molar-refractivity contribution in [3.8, 4) is 0 Å². The molecule has 0 aliphatic heterocycles. The van der Waals surface area contributed by atoms with Crippen LogP contribution in [0.3, 0.4) is 0 Å². The lowest BCUT2D eigenvalue weighted by Crippen LogP contribution is -2.34. The maximum absolute atomic E-state index is 13.9. The van der Waals surface area contributed by atoms with Gasteiger partial charge in [0.05, 0.1) is 32.7 Å². The second kappa shape index (κ2) is 13.8. The summed E-state index contributed by atoms with van der Waals surface area (Å²) in [6.45, 7) is 2.32. The van der Waals surface area contributed by atoms with E-state index in [-0.39, 0.29) is 22.9 Å². The van der Waals surface area contributed by atoms with Crippen molar-refractivity contribution in [3.05, 3.63) is 128 Å². The predicted octanol–water partition coefficient (Wildman–Crippen LogP) is 8.01. The third-order valence-electron chi connectivity index (χ3n) is 6.05. The Kier molecular flexibility index (Phi) is 10.4. The molecule has 0 fully saturated rings. The Morgan fingerprint density at radius 1 is 0.850 bits per heavy atom. The molecule has 0 atom stereocenters. The van der Waals surface area contributed by atoms with Crippen molar-refractivity contribution >= 4 is 68.2 Å². The molecular formula is C30H27Cl3N2O3S2. The number of halogens is 3. The monoisotopic (exact) mass is 632 g/mol. The van der Waals surface area contributed by atoms with E-state index in [0.29, 0.717) is 38.8 Å². The standard InChI is InChI=1S/C30H27Cl3N2O3S2/c1-21-6-13-25(14-7-21)40(37,38)35(19-22-8-11-24(31)12-9-22)29-5-3-2-4-26(29)30(36)34-16-17-39-20-23-10-15-27(32)28(33)18-23/h2-15,18H,16-17,19-20H2,1H3,(H,34,36).